The number of amides is 1. The summed E-state index contributed by atoms with van der Waals surface area (Å²) in [6, 6.07) is 8.12. The second kappa shape index (κ2) is 8.94. The molecule has 1 aliphatic heterocycles. The summed E-state index contributed by atoms with van der Waals surface area (Å²) in [4.78, 5) is 14.5. The zero-order chi connectivity index (χ0) is 23.0. The van der Waals surface area contributed by atoms with Crippen LogP contribution in [-0.2, 0) is 26.6 Å². The first-order valence-electron chi connectivity index (χ1n) is 10.6. The van der Waals surface area contributed by atoms with Gasteiger partial charge in [0.2, 0.25) is 5.91 Å². The molecule has 170 valence electrons. The molecule has 31 heavy (non-hydrogen) atoms. The van der Waals surface area contributed by atoms with E-state index in [0.717, 1.165) is 11.4 Å². The number of rotatable bonds is 6. The highest BCUT2D eigenvalue weighted by atomic mass is 32.2. The van der Waals surface area contributed by atoms with Crippen molar-refractivity contribution in [1.82, 2.24) is 19.7 Å². The number of thioether (sulfide) groups is 1. The molecule has 1 aromatic carbocycles. The Kier molecular flexibility index (Phi) is 6.86. The Morgan fingerprint density at radius 3 is 2.42 bits per heavy atom. The first-order valence-corrected chi connectivity index (χ1v) is 13.3. The number of hydrogen-bond donors (Lipinski definition) is 0. The molecule has 0 saturated carbocycles. The predicted octanol–water partition coefficient (Wildman–Crippen LogP) is 3.39. The Morgan fingerprint density at radius 1 is 1.26 bits per heavy atom. The number of benzene rings is 1. The molecule has 2 atom stereocenters. The van der Waals surface area contributed by atoms with E-state index < -0.39 is 9.84 Å². The van der Waals surface area contributed by atoms with Crippen LogP contribution in [0.25, 0.3) is 11.4 Å². The molecule has 7 nitrogen and oxygen atoms in total. The lowest BCUT2D eigenvalue weighted by molar-refractivity contribution is -0.130. The molecular formula is C22H32N4O3S2. The quantitative estimate of drug-likeness (QED) is 0.609. The third-order valence-corrected chi connectivity index (χ3v) is 8.59. The van der Waals surface area contributed by atoms with Crippen molar-refractivity contribution < 1.29 is 13.2 Å². The molecule has 2 aromatic rings. The SMILES string of the molecule is CCn1c(SC(C)C(=O)N(C)C2CCS(=O)(=O)C2)nnc1-c1ccc(C(C)(C)C)cc1. The van der Waals surface area contributed by atoms with Gasteiger partial charge in [-0.1, -0.05) is 56.8 Å². The van der Waals surface area contributed by atoms with E-state index in [9.17, 15) is 13.2 Å². The summed E-state index contributed by atoms with van der Waals surface area (Å²) in [5.74, 6) is 0.888. The maximum Gasteiger partial charge on any atom is 0.235 e. The van der Waals surface area contributed by atoms with E-state index in [-0.39, 0.29) is 34.1 Å². The van der Waals surface area contributed by atoms with E-state index in [2.05, 4.69) is 55.2 Å². The van der Waals surface area contributed by atoms with Crippen molar-refractivity contribution in [2.75, 3.05) is 18.6 Å². The molecule has 9 heteroatoms. The van der Waals surface area contributed by atoms with Crippen LogP contribution in [0.5, 0.6) is 0 Å². The van der Waals surface area contributed by atoms with Crippen LogP contribution in [-0.4, -0.2) is 63.8 Å². The Hall–Kier alpha value is -1.87. The smallest absolute Gasteiger partial charge is 0.235 e. The molecule has 1 saturated heterocycles. The van der Waals surface area contributed by atoms with Crippen molar-refractivity contribution in [1.29, 1.82) is 0 Å². The first-order chi connectivity index (χ1) is 14.4. The van der Waals surface area contributed by atoms with Crippen molar-refractivity contribution in [3.8, 4) is 11.4 Å². The van der Waals surface area contributed by atoms with Gasteiger partial charge in [0.1, 0.15) is 0 Å². The zero-order valence-electron chi connectivity index (χ0n) is 19.1. The van der Waals surface area contributed by atoms with Gasteiger partial charge in [-0.2, -0.15) is 0 Å². The normalized spacial score (nSPS) is 19.4. The van der Waals surface area contributed by atoms with Crippen LogP contribution in [0.1, 0.15) is 46.6 Å². The molecular weight excluding hydrogens is 432 g/mol. The Bertz CT molecular complexity index is 1040. The van der Waals surface area contributed by atoms with E-state index in [0.29, 0.717) is 18.1 Å². The molecule has 0 spiro atoms. The number of nitrogens with zero attached hydrogens (tertiary/aromatic N) is 4. The van der Waals surface area contributed by atoms with Gasteiger partial charge in [-0.25, -0.2) is 8.42 Å². The summed E-state index contributed by atoms with van der Waals surface area (Å²) in [6.07, 6.45) is 0.502. The molecule has 1 fully saturated rings. The van der Waals surface area contributed by atoms with Crippen LogP contribution in [0.3, 0.4) is 0 Å². The largest absolute Gasteiger partial charge is 0.341 e. The van der Waals surface area contributed by atoms with Crippen molar-refractivity contribution in [2.45, 2.75) is 69.4 Å². The zero-order valence-corrected chi connectivity index (χ0v) is 20.8. The maximum atomic E-state index is 12.9. The molecule has 0 bridgehead atoms. The second-order valence-electron chi connectivity index (χ2n) is 9.14. The van der Waals surface area contributed by atoms with Gasteiger partial charge < -0.3 is 9.47 Å². The Balaban J connectivity index is 1.75. The standard InChI is InChI=1S/C22H32N4O3S2/c1-7-26-19(16-8-10-17(11-9-16)22(3,4)5)23-24-21(26)30-15(2)20(27)25(6)18-12-13-31(28,29)14-18/h8-11,15,18H,7,12-14H2,1-6H3. The van der Waals surface area contributed by atoms with E-state index in [1.54, 1.807) is 11.9 Å². The summed E-state index contributed by atoms with van der Waals surface area (Å²) in [7, 11) is -1.34. The average molecular weight is 465 g/mol. The van der Waals surface area contributed by atoms with Gasteiger partial charge in [-0.05, 0) is 31.2 Å². The van der Waals surface area contributed by atoms with Crippen molar-refractivity contribution >= 4 is 27.5 Å². The van der Waals surface area contributed by atoms with E-state index in [4.69, 9.17) is 0 Å². The molecule has 0 N–H and O–H groups in total. The van der Waals surface area contributed by atoms with Crippen LogP contribution in [0.15, 0.2) is 29.4 Å². The van der Waals surface area contributed by atoms with E-state index >= 15 is 0 Å². The van der Waals surface area contributed by atoms with Gasteiger partial charge in [0, 0.05) is 25.2 Å². The highest BCUT2D eigenvalue weighted by Gasteiger charge is 2.34. The Labute approximate surface area is 189 Å². The number of aromatic nitrogens is 3. The monoisotopic (exact) mass is 464 g/mol. The lowest BCUT2D eigenvalue weighted by atomic mass is 9.87. The number of carbonyl (C=O) groups is 1. The van der Waals surface area contributed by atoms with Gasteiger partial charge in [0.25, 0.3) is 0 Å². The van der Waals surface area contributed by atoms with Gasteiger partial charge in [-0.3, -0.25) is 4.79 Å². The highest BCUT2D eigenvalue weighted by molar-refractivity contribution is 8.00. The minimum absolute atomic E-state index is 0.0481. The molecule has 3 rings (SSSR count). The van der Waals surface area contributed by atoms with E-state index in [1.807, 2.05) is 18.4 Å². The molecule has 1 aliphatic rings. The minimum atomic E-state index is -3.04. The fraction of sp³-hybridized carbons (Fsp3) is 0.591. The first kappa shape index (κ1) is 23.8. The summed E-state index contributed by atoms with van der Waals surface area (Å²) >= 11 is 1.36. The minimum Gasteiger partial charge on any atom is -0.341 e. The van der Waals surface area contributed by atoms with Crippen LogP contribution in [0, 0.1) is 0 Å². The second-order valence-corrected chi connectivity index (χ2v) is 12.7. The number of carbonyl (C=O) groups excluding carboxylic acids is 1. The van der Waals surface area contributed by atoms with Crippen molar-refractivity contribution in [3.63, 3.8) is 0 Å². The fourth-order valence-electron chi connectivity index (χ4n) is 3.75. The lowest BCUT2D eigenvalue weighted by Gasteiger charge is -2.26. The molecule has 1 aromatic heterocycles. The van der Waals surface area contributed by atoms with Crippen LogP contribution in [0.2, 0.25) is 0 Å². The summed E-state index contributed by atoms with van der Waals surface area (Å²) in [5.41, 5.74) is 2.32. The van der Waals surface area contributed by atoms with Crippen molar-refractivity contribution in [3.05, 3.63) is 29.8 Å². The van der Waals surface area contributed by atoms with Gasteiger partial charge in [0.05, 0.1) is 16.8 Å². The summed E-state index contributed by atoms with van der Waals surface area (Å²) in [5, 5.41) is 9.03. The van der Waals surface area contributed by atoms with E-state index in [1.165, 1.54) is 17.3 Å². The predicted molar refractivity (Wildman–Crippen MR) is 125 cm³/mol. The van der Waals surface area contributed by atoms with Crippen LogP contribution >= 0.6 is 11.8 Å². The summed E-state index contributed by atoms with van der Waals surface area (Å²) < 4.78 is 25.5. The van der Waals surface area contributed by atoms with Crippen molar-refractivity contribution in [2.24, 2.45) is 0 Å². The number of sulfone groups is 1. The fourth-order valence-corrected chi connectivity index (χ4v) is 6.54. The maximum absolute atomic E-state index is 12.9. The molecule has 0 radical (unpaired) electrons. The highest BCUT2D eigenvalue weighted by Crippen LogP contribution is 2.30. The molecule has 2 heterocycles. The average Bonchev–Trinajstić information content (AvgIpc) is 3.28. The molecule has 1 amide bonds. The molecule has 2 unspecified atom stereocenters. The van der Waals surface area contributed by atoms with Gasteiger partial charge >= 0.3 is 0 Å². The lowest BCUT2D eigenvalue weighted by Crippen LogP contribution is -2.41. The third kappa shape index (κ3) is 5.31. The topological polar surface area (TPSA) is 85.2 Å². The van der Waals surface area contributed by atoms with Crippen LogP contribution < -0.4 is 0 Å². The van der Waals surface area contributed by atoms with Gasteiger partial charge in [0.15, 0.2) is 20.8 Å². The Morgan fingerprint density at radius 2 is 1.90 bits per heavy atom. The van der Waals surface area contributed by atoms with Crippen LogP contribution in [0.4, 0.5) is 0 Å². The molecule has 0 aliphatic carbocycles. The summed E-state index contributed by atoms with van der Waals surface area (Å²) in [6.45, 7) is 11.1. The third-order valence-electron chi connectivity index (χ3n) is 5.78. The number of hydrogen-bond acceptors (Lipinski definition) is 6. The van der Waals surface area contributed by atoms with Gasteiger partial charge in [-0.15, -0.1) is 10.2 Å².